The number of carboxylic acids is 1. The number of aromatic carboxylic acids is 1. The van der Waals surface area contributed by atoms with Crippen molar-refractivity contribution in [1.29, 1.82) is 0 Å². The summed E-state index contributed by atoms with van der Waals surface area (Å²) in [6.07, 6.45) is 2.23. The molecule has 0 bridgehead atoms. The van der Waals surface area contributed by atoms with E-state index >= 15 is 0 Å². The molecule has 30 heavy (non-hydrogen) atoms. The molecule has 14 heteroatoms. The second-order valence-corrected chi connectivity index (χ2v) is 6.21. The van der Waals surface area contributed by atoms with Crippen LogP contribution in [0.15, 0.2) is 30.3 Å². The van der Waals surface area contributed by atoms with E-state index in [1.807, 2.05) is 0 Å². The van der Waals surface area contributed by atoms with Crippen LogP contribution in [-0.2, 0) is 0 Å². The minimum absolute atomic E-state index is 0.0863. The average molecular weight is 431 g/mol. The second kappa shape index (κ2) is 7.51. The van der Waals surface area contributed by atoms with Crippen LogP contribution in [0.1, 0.15) is 15.9 Å². The number of imidazole rings is 1. The molecule has 0 aliphatic heterocycles. The van der Waals surface area contributed by atoms with E-state index in [1.54, 1.807) is 0 Å². The number of rotatable bonds is 6. The summed E-state index contributed by atoms with van der Waals surface area (Å²) >= 11 is 5.15. The zero-order valence-corrected chi connectivity index (χ0v) is 15.4. The van der Waals surface area contributed by atoms with Gasteiger partial charge in [0.05, 0.1) is 43.0 Å². The number of aromatic amines is 1. The zero-order chi connectivity index (χ0) is 22.2. The highest BCUT2D eigenvalue weighted by Gasteiger charge is 2.26. The Bertz CT molecular complexity index is 1300. The van der Waals surface area contributed by atoms with Gasteiger partial charge < -0.3 is 10.1 Å². The fraction of sp³-hybridized carbons (Fsp3) is 0. The molecule has 0 unspecified atom stereocenters. The first kappa shape index (κ1) is 20.3. The Hall–Kier alpha value is -4.46. The van der Waals surface area contributed by atoms with E-state index in [1.165, 1.54) is 29.0 Å². The topological polar surface area (TPSA) is 187 Å². The number of aromatic nitrogens is 2. The minimum atomic E-state index is -1.61. The summed E-state index contributed by atoms with van der Waals surface area (Å²) in [5.74, 6) is -1.61. The number of nitrogens with zero attached hydrogens (tertiary/aromatic N) is 4. The maximum atomic E-state index is 11.5. The van der Waals surface area contributed by atoms with Crippen LogP contribution in [0.4, 0.5) is 17.1 Å². The lowest BCUT2D eigenvalue weighted by atomic mass is 10.0. The average Bonchev–Trinajstić information content (AvgIpc) is 2.99. The van der Waals surface area contributed by atoms with Crippen LogP contribution in [0, 0.1) is 35.1 Å². The number of hydrogen-bond donors (Lipinski definition) is 2. The summed E-state index contributed by atoms with van der Waals surface area (Å²) < 4.78 is 1.34. The molecule has 1 heterocycles. The summed E-state index contributed by atoms with van der Waals surface area (Å²) in [5, 5.41) is 42.7. The highest BCUT2D eigenvalue weighted by molar-refractivity contribution is 7.71. The number of fused-ring (bicyclic) bond motifs is 1. The lowest BCUT2D eigenvalue weighted by Crippen LogP contribution is -2.05. The largest absolute Gasteiger partial charge is 0.478 e. The second-order valence-electron chi connectivity index (χ2n) is 5.82. The van der Waals surface area contributed by atoms with Crippen LogP contribution in [0.2, 0.25) is 0 Å². The third kappa shape index (κ3) is 3.61. The smallest absolute Gasteiger partial charge is 0.336 e. The van der Waals surface area contributed by atoms with Crippen molar-refractivity contribution in [3.63, 3.8) is 0 Å². The van der Waals surface area contributed by atoms with Crippen molar-refractivity contribution in [3.05, 3.63) is 76.6 Å². The Morgan fingerprint density at radius 1 is 1.03 bits per heavy atom. The van der Waals surface area contributed by atoms with Gasteiger partial charge in [0.15, 0.2) is 4.77 Å². The fourth-order valence-corrected chi connectivity index (χ4v) is 3.02. The molecule has 3 aromatic rings. The monoisotopic (exact) mass is 431 g/mol. The number of carbonyl (C=O) groups is 1. The van der Waals surface area contributed by atoms with E-state index in [0.717, 1.165) is 6.08 Å². The molecule has 0 spiro atoms. The summed E-state index contributed by atoms with van der Waals surface area (Å²) in [6, 6.07) is 5.24. The van der Waals surface area contributed by atoms with Gasteiger partial charge in [-0.15, -0.1) is 0 Å². The van der Waals surface area contributed by atoms with E-state index < -0.39 is 43.2 Å². The van der Waals surface area contributed by atoms with Gasteiger partial charge in [-0.1, -0.05) is 0 Å². The van der Waals surface area contributed by atoms with Crippen LogP contribution in [-0.4, -0.2) is 35.4 Å². The number of nitrogens with one attached hydrogen (secondary N) is 1. The van der Waals surface area contributed by atoms with Gasteiger partial charge in [0.25, 0.3) is 17.1 Å². The predicted molar refractivity (Wildman–Crippen MR) is 106 cm³/mol. The number of benzene rings is 2. The Balaban J connectivity index is 2.25. The number of carboxylic acid groups (broad SMARTS) is 1. The molecule has 0 fully saturated rings. The van der Waals surface area contributed by atoms with Gasteiger partial charge in [-0.2, -0.15) is 0 Å². The Kier molecular flexibility index (Phi) is 5.08. The molecule has 2 aromatic carbocycles. The summed E-state index contributed by atoms with van der Waals surface area (Å²) in [4.78, 5) is 45.2. The van der Waals surface area contributed by atoms with Crippen molar-refractivity contribution < 1.29 is 24.7 Å². The fourth-order valence-electron chi connectivity index (χ4n) is 2.75. The van der Waals surface area contributed by atoms with Crippen molar-refractivity contribution in [1.82, 2.24) is 9.55 Å². The highest BCUT2D eigenvalue weighted by Crippen LogP contribution is 2.31. The SMILES string of the molecule is O=C(O)c1cc([N+](=O)[O-])cc([N+](=O)[O-])c1/C=C\n1c(=S)[nH]c2ccc([N+](=O)[O-])cc21. The molecule has 0 aliphatic rings. The maximum absolute atomic E-state index is 11.5. The van der Waals surface area contributed by atoms with Crippen molar-refractivity contribution >= 4 is 58.6 Å². The van der Waals surface area contributed by atoms with E-state index in [-0.39, 0.29) is 16.0 Å². The standard InChI is InChI=1S/C16H9N5O8S/c22-15(23)11-5-9(20(26)27)7-13(21(28)29)10(11)3-4-18-14-6-8(19(24)25)1-2-12(14)17-16(18)30/h1-7H,(H,17,30)(H,22,23)/b4-3-. The molecule has 0 atom stereocenters. The lowest BCUT2D eigenvalue weighted by molar-refractivity contribution is -0.394. The molecular formula is C16H9N5O8S. The molecule has 13 nitrogen and oxygen atoms in total. The van der Waals surface area contributed by atoms with E-state index in [2.05, 4.69) is 4.98 Å². The molecule has 152 valence electrons. The molecule has 0 aliphatic carbocycles. The molecule has 3 rings (SSSR count). The number of nitro benzene ring substituents is 3. The van der Waals surface area contributed by atoms with E-state index in [4.69, 9.17) is 12.2 Å². The quantitative estimate of drug-likeness (QED) is 0.333. The molecular weight excluding hydrogens is 422 g/mol. The van der Waals surface area contributed by atoms with Crippen LogP contribution >= 0.6 is 12.2 Å². The predicted octanol–water partition coefficient (Wildman–Crippen LogP) is 3.75. The third-order valence-electron chi connectivity index (χ3n) is 4.08. The van der Waals surface area contributed by atoms with Crippen LogP contribution in [0.25, 0.3) is 23.3 Å². The lowest BCUT2D eigenvalue weighted by Gasteiger charge is -2.04. The van der Waals surface area contributed by atoms with Gasteiger partial charge in [-0.25, -0.2) is 4.79 Å². The Morgan fingerprint density at radius 2 is 1.70 bits per heavy atom. The van der Waals surface area contributed by atoms with Gasteiger partial charge in [0, 0.05) is 24.4 Å². The van der Waals surface area contributed by atoms with Crippen molar-refractivity contribution in [2.24, 2.45) is 0 Å². The molecule has 1 aromatic heterocycles. The molecule has 0 radical (unpaired) electrons. The minimum Gasteiger partial charge on any atom is -0.478 e. The molecule has 0 saturated heterocycles. The van der Waals surface area contributed by atoms with Crippen molar-refractivity contribution in [2.75, 3.05) is 0 Å². The van der Waals surface area contributed by atoms with Crippen LogP contribution in [0.3, 0.4) is 0 Å². The first-order valence-corrected chi connectivity index (χ1v) is 8.28. The van der Waals surface area contributed by atoms with Crippen LogP contribution in [0.5, 0.6) is 0 Å². The van der Waals surface area contributed by atoms with Gasteiger partial charge in [-0.05, 0) is 24.4 Å². The first-order valence-electron chi connectivity index (χ1n) is 7.87. The zero-order valence-electron chi connectivity index (χ0n) is 14.5. The number of nitro groups is 3. The number of hydrogen-bond acceptors (Lipinski definition) is 8. The van der Waals surface area contributed by atoms with Gasteiger partial charge >= 0.3 is 5.97 Å². The van der Waals surface area contributed by atoms with Gasteiger partial charge in [-0.3, -0.25) is 34.9 Å². The van der Waals surface area contributed by atoms with Gasteiger partial charge in [0.2, 0.25) is 0 Å². The Morgan fingerprint density at radius 3 is 2.27 bits per heavy atom. The molecule has 2 N–H and O–H groups in total. The maximum Gasteiger partial charge on any atom is 0.336 e. The summed E-state index contributed by atoms with van der Waals surface area (Å²) in [7, 11) is 0. The van der Waals surface area contributed by atoms with E-state index in [0.29, 0.717) is 17.6 Å². The van der Waals surface area contributed by atoms with E-state index in [9.17, 15) is 40.2 Å². The molecule has 0 amide bonds. The van der Waals surface area contributed by atoms with Gasteiger partial charge in [0.1, 0.15) is 0 Å². The summed E-state index contributed by atoms with van der Waals surface area (Å²) in [5.41, 5.74) is -2.14. The van der Waals surface area contributed by atoms with Crippen LogP contribution < -0.4 is 0 Å². The number of H-pyrrole nitrogens is 1. The van der Waals surface area contributed by atoms with Crippen molar-refractivity contribution in [2.45, 2.75) is 0 Å². The molecule has 0 saturated carbocycles. The number of non-ortho nitro benzene ring substituents is 2. The Labute approximate surface area is 169 Å². The normalized spacial score (nSPS) is 11.1. The third-order valence-corrected chi connectivity index (χ3v) is 4.38. The first-order chi connectivity index (χ1) is 14.1. The highest BCUT2D eigenvalue weighted by atomic mass is 32.1. The van der Waals surface area contributed by atoms with Crippen molar-refractivity contribution in [3.8, 4) is 0 Å². The summed E-state index contributed by atoms with van der Waals surface area (Å²) in [6.45, 7) is 0.